The molecule has 1 N–H and O–H groups in total. The number of anilines is 2. The molecule has 0 bridgehead atoms. The van der Waals surface area contributed by atoms with Crippen LogP contribution in [0.5, 0.6) is 5.75 Å². The number of nitrogens with zero attached hydrogens (tertiary/aromatic N) is 3. The summed E-state index contributed by atoms with van der Waals surface area (Å²) >= 11 is 4.90. The number of aliphatic carboxylic acids is 1. The van der Waals surface area contributed by atoms with E-state index in [1.165, 1.54) is 27.8 Å². The quantitative estimate of drug-likeness (QED) is 0.198. The van der Waals surface area contributed by atoms with E-state index >= 15 is 0 Å². The number of para-hydroxylation sites is 2. The summed E-state index contributed by atoms with van der Waals surface area (Å²) < 4.78 is 37.5. The number of hydrogen-bond donors (Lipinski definition) is 1. The van der Waals surface area contributed by atoms with E-state index < -0.39 is 16.0 Å². The lowest BCUT2D eigenvalue weighted by molar-refractivity contribution is -0.132. The Morgan fingerprint density at radius 1 is 1.04 bits per heavy atom. The minimum absolute atomic E-state index is 0.0213. The molecule has 12 heteroatoms. The number of thiophene rings is 1. The zero-order valence-electron chi connectivity index (χ0n) is 26.6. The zero-order valence-corrected chi connectivity index (χ0v) is 29.9. The number of carboxylic acids is 1. The van der Waals surface area contributed by atoms with Crippen LogP contribution in [0.4, 0.5) is 11.4 Å². The molecule has 1 atom stereocenters. The highest BCUT2D eigenvalue weighted by Crippen LogP contribution is 2.38. The van der Waals surface area contributed by atoms with Gasteiger partial charge in [0.05, 0.1) is 22.9 Å². The normalized spacial score (nSPS) is 16.6. The summed E-state index contributed by atoms with van der Waals surface area (Å²) in [5.41, 5.74) is 3.43. The van der Waals surface area contributed by atoms with Gasteiger partial charge in [-0.1, -0.05) is 42.5 Å². The summed E-state index contributed by atoms with van der Waals surface area (Å²) in [6, 6.07) is 23.6. The van der Waals surface area contributed by atoms with E-state index in [9.17, 15) is 23.1 Å². The third kappa shape index (κ3) is 6.74. The van der Waals surface area contributed by atoms with Gasteiger partial charge in [-0.25, -0.2) is 13.2 Å². The molecule has 9 nitrogen and oxygen atoms in total. The van der Waals surface area contributed by atoms with Crippen molar-refractivity contribution in [1.29, 1.82) is 0 Å². The summed E-state index contributed by atoms with van der Waals surface area (Å²) in [6.07, 6.45) is 0.690. The van der Waals surface area contributed by atoms with E-state index in [0.717, 1.165) is 15.7 Å². The fourth-order valence-corrected chi connectivity index (χ4v) is 9.34. The molecule has 2 aliphatic heterocycles. The Kier molecular flexibility index (Phi) is 9.95. The first-order chi connectivity index (χ1) is 23.1. The first kappa shape index (κ1) is 33.8. The number of halogens is 1. The van der Waals surface area contributed by atoms with Gasteiger partial charge in [-0.15, -0.1) is 11.3 Å². The molecule has 1 aromatic heterocycles. The first-order valence-electron chi connectivity index (χ1n) is 15.7. The summed E-state index contributed by atoms with van der Waals surface area (Å²) in [6.45, 7) is 5.60. The van der Waals surface area contributed by atoms with Gasteiger partial charge in [0.25, 0.3) is 15.9 Å². The van der Waals surface area contributed by atoms with Crippen molar-refractivity contribution < 1.29 is 27.9 Å². The molecule has 6 rings (SSSR count). The van der Waals surface area contributed by atoms with E-state index in [1.54, 1.807) is 13.0 Å². The highest BCUT2D eigenvalue weighted by atomic mass is 79.9. The number of piperazine rings is 1. The van der Waals surface area contributed by atoms with Crippen LogP contribution in [-0.2, 0) is 21.2 Å². The van der Waals surface area contributed by atoms with Gasteiger partial charge in [-0.3, -0.25) is 9.10 Å². The van der Waals surface area contributed by atoms with Gasteiger partial charge in [0.2, 0.25) is 0 Å². The van der Waals surface area contributed by atoms with Crippen molar-refractivity contribution >= 4 is 66.1 Å². The number of ether oxygens (including phenoxy) is 1. The number of benzene rings is 3. The van der Waals surface area contributed by atoms with Crippen LogP contribution >= 0.6 is 27.3 Å². The van der Waals surface area contributed by atoms with Crippen molar-refractivity contribution in [1.82, 2.24) is 4.90 Å². The molecular weight excluding hydrogens is 714 g/mol. The molecule has 2 aliphatic rings. The van der Waals surface area contributed by atoms with E-state index in [0.29, 0.717) is 53.5 Å². The van der Waals surface area contributed by atoms with Crippen LogP contribution in [0.1, 0.15) is 41.1 Å². The van der Waals surface area contributed by atoms with Crippen molar-refractivity contribution in [2.45, 2.75) is 37.6 Å². The second-order valence-electron chi connectivity index (χ2n) is 11.9. The predicted octanol–water partition coefficient (Wildman–Crippen LogP) is 6.94. The Morgan fingerprint density at radius 2 is 1.79 bits per heavy atom. The number of allylic oxidation sites excluding steroid dienone is 1. The van der Waals surface area contributed by atoms with Gasteiger partial charge in [0, 0.05) is 54.3 Å². The summed E-state index contributed by atoms with van der Waals surface area (Å²) in [7, 11) is -4.15. The largest absolute Gasteiger partial charge is 0.493 e. The Morgan fingerprint density at radius 3 is 2.50 bits per heavy atom. The topological polar surface area (TPSA) is 107 Å². The maximum Gasteiger partial charge on any atom is 0.331 e. The third-order valence-electron chi connectivity index (χ3n) is 8.90. The lowest BCUT2D eigenvalue weighted by atomic mass is 10.00. The second kappa shape index (κ2) is 14.2. The van der Waals surface area contributed by atoms with Crippen LogP contribution in [0.15, 0.2) is 99.2 Å². The molecule has 1 unspecified atom stereocenters. The highest BCUT2D eigenvalue weighted by molar-refractivity contribution is 9.10. The molecule has 0 aliphatic carbocycles. The molecule has 1 fully saturated rings. The summed E-state index contributed by atoms with van der Waals surface area (Å²) in [5, 5.41) is 11.7. The molecule has 0 radical (unpaired) electrons. The molecule has 250 valence electrons. The van der Waals surface area contributed by atoms with Gasteiger partial charge >= 0.3 is 5.97 Å². The number of fused-ring (bicyclic) bond motifs is 1. The summed E-state index contributed by atoms with van der Waals surface area (Å²) in [4.78, 5) is 30.1. The Labute approximate surface area is 293 Å². The average Bonchev–Trinajstić information content (AvgIpc) is 3.44. The molecule has 1 amide bonds. The van der Waals surface area contributed by atoms with Crippen LogP contribution in [0.2, 0.25) is 0 Å². The monoisotopic (exact) mass is 749 g/mol. The van der Waals surface area contributed by atoms with Crippen molar-refractivity contribution in [3.63, 3.8) is 0 Å². The van der Waals surface area contributed by atoms with Gasteiger partial charge in [0.15, 0.2) is 0 Å². The number of sulfonamides is 1. The fourth-order valence-electron chi connectivity index (χ4n) is 6.34. The third-order valence-corrected chi connectivity index (χ3v) is 12.5. The number of carboxylic acid groups (broad SMARTS) is 1. The van der Waals surface area contributed by atoms with Crippen molar-refractivity contribution in [2.24, 2.45) is 0 Å². The maximum atomic E-state index is 14.7. The van der Waals surface area contributed by atoms with Crippen LogP contribution in [0.25, 0.3) is 5.57 Å². The number of carbonyl (C=O) groups excluding carboxylic acids is 1. The lowest BCUT2D eigenvalue weighted by Crippen LogP contribution is -2.54. The molecule has 1 saturated heterocycles. The van der Waals surface area contributed by atoms with Gasteiger partial charge < -0.3 is 19.6 Å². The average molecular weight is 751 g/mol. The van der Waals surface area contributed by atoms with Gasteiger partial charge in [-0.2, -0.15) is 0 Å². The van der Waals surface area contributed by atoms with Crippen molar-refractivity contribution in [3.8, 4) is 5.75 Å². The maximum absolute atomic E-state index is 14.7. The van der Waals surface area contributed by atoms with E-state index in [4.69, 9.17) is 4.74 Å². The molecular formula is C36H36BrN3O6S2. The van der Waals surface area contributed by atoms with Crippen LogP contribution in [0, 0.1) is 0 Å². The molecule has 0 saturated carbocycles. The minimum Gasteiger partial charge on any atom is -0.493 e. The lowest BCUT2D eigenvalue weighted by Gasteiger charge is -2.42. The van der Waals surface area contributed by atoms with Crippen LogP contribution < -0.4 is 13.9 Å². The Balaban J connectivity index is 1.37. The Hall–Kier alpha value is -4.13. The molecule has 48 heavy (non-hydrogen) atoms. The van der Waals surface area contributed by atoms with E-state index in [-0.39, 0.29) is 42.0 Å². The molecule has 0 spiro atoms. The Bertz CT molecular complexity index is 1980. The van der Waals surface area contributed by atoms with Gasteiger partial charge in [-0.05, 0) is 89.1 Å². The summed E-state index contributed by atoms with van der Waals surface area (Å²) in [5.74, 6) is -0.614. The smallest absolute Gasteiger partial charge is 0.331 e. The number of carbonyl (C=O) groups is 2. The number of hydrogen-bond acceptors (Lipinski definition) is 7. The van der Waals surface area contributed by atoms with Gasteiger partial charge in [0.1, 0.15) is 10.6 Å². The number of rotatable bonds is 9. The minimum atomic E-state index is -4.15. The fraction of sp³-hybridized carbons (Fsp3) is 0.278. The van der Waals surface area contributed by atoms with Crippen molar-refractivity contribution in [2.75, 3.05) is 42.0 Å². The molecule has 4 aromatic rings. The SMILES string of the molecule is CC1=C(C(=O)O)CCOc2ccc(S(=O)(=O)N(CCc3ccccc3)c3ccccc3N3CCN(C(=O)c4sccc4Br)C(C)C3)cc21. The van der Waals surface area contributed by atoms with Crippen LogP contribution in [0.3, 0.4) is 0 Å². The van der Waals surface area contributed by atoms with E-state index in [2.05, 4.69) is 20.8 Å². The molecule has 3 aromatic carbocycles. The number of amides is 1. The van der Waals surface area contributed by atoms with Crippen molar-refractivity contribution in [3.05, 3.63) is 110 Å². The standard InChI is InChI=1S/C36H36BrN3O6S2/c1-24-23-38(18-19-39(24)35(41)34-30(37)16-21-47-34)31-10-6-7-11-32(31)40(17-14-26-8-4-3-5-9-26)48(44,45)27-12-13-33-29(22-27)25(2)28(36(42)43)15-20-46-33/h3-13,16,21-22,24H,14-15,17-20,23H2,1-2H3,(H,42,43). The predicted molar refractivity (Wildman–Crippen MR) is 193 cm³/mol. The highest BCUT2D eigenvalue weighted by Gasteiger charge is 2.34. The van der Waals surface area contributed by atoms with Crippen LogP contribution in [-0.4, -0.2) is 69.1 Å². The molecule has 3 heterocycles. The first-order valence-corrected chi connectivity index (χ1v) is 18.8. The second-order valence-corrected chi connectivity index (χ2v) is 15.5. The zero-order chi connectivity index (χ0) is 34.0. The van der Waals surface area contributed by atoms with E-state index in [1.807, 2.05) is 77.9 Å².